The highest BCUT2D eigenvalue weighted by atomic mass is 32.2. The molecule has 2 N–H and O–H groups in total. The first-order valence-corrected chi connectivity index (χ1v) is 7.89. The zero-order valence-electron chi connectivity index (χ0n) is 11.9. The first kappa shape index (κ1) is 15.6. The third-order valence-electron chi connectivity index (χ3n) is 3.49. The minimum atomic E-state index is -3.79. The molecule has 1 aliphatic rings. The van der Waals surface area contributed by atoms with Gasteiger partial charge in [0.25, 0.3) is 0 Å². The fraction of sp³-hybridized carbons (Fsp3) is 0.462. The van der Waals surface area contributed by atoms with Crippen LogP contribution in [0.5, 0.6) is 11.5 Å². The molecule has 116 valence electrons. The van der Waals surface area contributed by atoms with E-state index in [0.29, 0.717) is 24.3 Å². The molecule has 0 spiro atoms. The van der Waals surface area contributed by atoms with Crippen molar-refractivity contribution in [3.8, 4) is 11.5 Å². The molecule has 0 saturated carbocycles. The summed E-state index contributed by atoms with van der Waals surface area (Å²) in [6.07, 6.45) is 1.06. The number of nitrogens with zero attached hydrogens (tertiary/aromatic N) is 1. The van der Waals surface area contributed by atoms with Crippen LogP contribution >= 0.6 is 0 Å². The van der Waals surface area contributed by atoms with Crippen molar-refractivity contribution in [3.05, 3.63) is 18.2 Å². The maximum absolute atomic E-state index is 12.6. The smallest absolute Gasteiger partial charge is 0.243 e. The quantitative estimate of drug-likeness (QED) is 0.845. The molecule has 0 radical (unpaired) electrons. The molecule has 1 saturated heterocycles. The molecule has 1 aliphatic heterocycles. The van der Waals surface area contributed by atoms with Gasteiger partial charge >= 0.3 is 0 Å². The Balaban J connectivity index is 2.42. The number of benzene rings is 1. The Kier molecular flexibility index (Phi) is 4.38. The molecular weight excluding hydrogens is 296 g/mol. The molecule has 7 nitrogen and oxygen atoms in total. The van der Waals surface area contributed by atoms with Crippen molar-refractivity contribution < 1.29 is 22.7 Å². The van der Waals surface area contributed by atoms with Crippen LogP contribution in [0, 0.1) is 0 Å². The Morgan fingerprint density at radius 2 is 1.95 bits per heavy atom. The predicted octanol–water partition coefficient (Wildman–Crippen LogP) is 0.342. The zero-order valence-corrected chi connectivity index (χ0v) is 12.7. The molecule has 1 aromatic rings. The number of carbonyl (C=O) groups excluding carboxylic acids is 1. The van der Waals surface area contributed by atoms with E-state index < -0.39 is 22.0 Å². The second-order valence-electron chi connectivity index (χ2n) is 4.69. The van der Waals surface area contributed by atoms with E-state index in [1.54, 1.807) is 0 Å². The lowest BCUT2D eigenvalue weighted by Crippen LogP contribution is -2.43. The Hall–Kier alpha value is -1.80. The Morgan fingerprint density at radius 3 is 2.52 bits per heavy atom. The van der Waals surface area contributed by atoms with Gasteiger partial charge in [0.2, 0.25) is 15.9 Å². The van der Waals surface area contributed by atoms with Crippen molar-refractivity contribution in [2.75, 3.05) is 20.8 Å². The lowest BCUT2D eigenvalue weighted by molar-refractivity contribution is -0.121. The first-order chi connectivity index (χ1) is 9.91. The van der Waals surface area contributed by atoms with Gasteiger partial charge in [-0.05, 0) is 25.0 Å². The van der Waals surface area contributed by atoms with Crippen LogP contribution < -0.4 is 15.2 Å². The van der Waals surface area contributed by atoms with Crippen LogP contribution in [0.3, 0.4) is 0 Å². The first-order valence-electron chi connectivity index (χ1n) is 6.45. The summed E-state index contributed by atoms with van der Waals surface area (Å²) in [5.74, 6) is 0.120. The van der Waals surface area contributed by atoms with Crippen LogP contribution in [0.15, 0.2) is 23.1 Å². The molecule has 1 amide bonds. The van der Waals surface area contributed by atoms with Crippen LogP contribution in [0.4, 0.5) is 0 Å². The van der Waals surface area contributed by atoms with E-state index in [1.165, 1.54) is 32.4 Å². The summed E-state index contributed by atoms with van der Waals surface area (Å²) < 4.78 is 36.6. The number of methoxy groups -OCH3 is 2. The second-order valence-corrected chi connectivity index (χ2v) is 6.58. The van der Waals surface area contributed by atoms with Gasteiger partial charge < -0.3 is 15.2 Å². The molecule has 1 unspecified atom stereocenters. The molecule has 0 aromatic heterocycles. The molecule has 8 heteroatoms. The fourth-order valence-corrected chi connectivity index (χ4v) is 4.11. The van der Waals surface area contributed by atoms with Crippen molar-refractivity contribution in [1.29, 1.82) is 0 Å². The van der Waals surface area contributed by atoms with Gasteiger partial charge in [0.05, 0.1) is 19.1 Å². The average Bonchev–Trinajstić information content (AvgIpc) is 2.96. The number of ether oxygens (including phenoxy) is 2. The normalized spacial score (nSPS) is 19.4. The summed E-state index contributed by atoms with van der Waals surface area (Å²) in [4.78, 5) is 11.4. The molecule has 1 heterocycles. The standard InChI is InChI=1S/C13H18N2O5S/c1-19-11-6-5-9(8-12(11)20-2)21(17,18)15-7-3-4-10(15)13(14)16/h5-6,8,10H,3-4,7H2,1-2H3,(H2,14,16). The highest BCUT2D eigenvalue weighted by Crippen LogP contribution is 2.32. The number of amides is 1. The largest absolute Gasteiger partial charge is 0.493 e. The van der Waals surface area contributed by atoms with Crippen LogP contribution in [0.1, 0.15) is 12.8 Å². The predicted molar refractivity (Wildman–Crippen MR) is 75.7 cm³/mol. The van der Waals surface area contributed by atoms with Gasteiger partial charge in [-0.25, -0.2) is 8.42 Å². The van der Waals surface area contributed by atoms with Gasteiger partial charge in [-0.1, -0.05) is 0 Å². The molecule has 1 aromatic carbocycles. The van der Waals surface area contributed by atoms with Crippen LogP contribution in [0.25, 0.3) is 0 Å². The molecule has 2 rings (SSSR count). The van der Waals surface area contributed by atoms with Gasteiger partial charge in [0, 0.05) is 12.6 Å². The third-order valence-corrected chi connectivity index (χ3v) is 5.40. The number of carbonyl (C=O) groups is 1. The van der Waals surface area contributed by atoms with Crippen LogP contribution in [-0.2, 0) is 14.8 Å². The summed E-state index contributed by atoms with van der Waals surface area (Å²) in [7, 11) is -0.899. The number of nitrogens with two attached hydrogens (primary N) is 1. The Labute approximate surface area is 123 Å². The third kappa shape index (κ3) is 2.81. The molecular formula is C13H18N2O5S. The Morgan fingerprint density at radius 1 is 1.29 bits per heavy atom. The van der Waals surface area contributed by atoms with Gasteiger partial charge in [0.15, 0.2) is 11.5 Å². The topological polar surface area (TPSA) is 98.9 Å². The van der Waals surface area contributed by atoms with Gasteiger partial charge in [-0.15, -0.1) is 0 Å². The molecule has 0 bridgehead atoms. The second kappa shape index (κ2) is 5.90. The molecule has 21 heavy (non-hydrogen) atoms. The van der Waals surface area contributed by atoms with Gasteiger partial charge in [-0.2, -0.15) is 4.31 Å². The summed E-state index contributed by atoms with van der Waals surface area (Å²) in [5, 5.41) is 0. The maximum Gasteiger partial charge on any atom is 0.243 e. The van der Waals surface area contributed by atoms with Crippen molar-refractivity contribution in [1.82, 2.24) is 4.31 Å². The SMILES string of the molecule is COc1ccc(S(=O)(=O)N2CCCC2C(N)=O)cc1OC. The van der Waals surface area contributed by atoms with E-state index in [2.05, 4.69) is 0 Å². The Bertz CT molecular complexity index is 644. The van der Waals surface area contributed by atoms with Crippen LogP contribution in [0.2, 0.25) is 0 Å². The monoisotopic (exact) mass is 314 g/mol. The number of rotatable bonds is 5. The number of primary amides is 1. The minimum Gasteiger partial charge on any atom is -0.493 e. The molecule has 1 atom stereocenters. The highest BCUT2D eigenvalue weighted by molar-refractivity contribution is 7.89. The van der Waals surface area contributed by atoms with E-state index in [4.69, 9.17) is 15.2 Å². The van der Waals surface area contributed by atoms with E-state index in [1.807, 2.05) is 0 Å². The zero-order chi connectivity index (χ0) is 15.6. The molecule has 0 aliphatic carbocycles. The summed E-state index contributed by atoms with van der Waals surface area (Å²) in [6.45, 7) is 0.282. The van der Waals surface area contributed by atoms with Gasteiger partial charge in [-0.3, -0.25) is 4.79 Å². The lowest BCUT2D eigenvalue weighted by atomic mass is 10.2. The summed E-state index contributed by atoms with van der Waals surface area (Å²) in [6, 6.07) is 3.53. The maximum atomic E-state index is 12.6. The van der Waals surface area contributed by atoms with E-state index in [-0.39, 0.29) is 11.4 Å². The van der Waals surface area contributed by atoms with Crippen molar-refractivity contribution >= 4 is 15.9 Å². The number of hydrogen-bond donors (Lipinski definition) is 1. The number of hydrogen-bond acceptors (Lipinski definition) is 5. The van der Waals surface area contributed by atoms with Crippen molar-refractivity contribution in [2.24, 2.45) is 5.73 Å². The average molecular weight is 314 g/mol. The number of sulfonamides is 1. The van der Waals surface area contributed by atoms with E-state index >= 15 is 0 Å². The fourth-order valence-electron chi connectivity index (χ4n) is 2.42. The van der Waals surface area contributed by atoms with Crippen molar-refractivity contribution in [3.63, 3.8) is 0 Å². The van der Waals surface area contributed by atoms with Gasteiger partial charge in [0.1, 0.15) is 6.04 Å². The summed E-state index contributed by atoms with van der Waals surface area (Å²) in [5.41, 5.74) is 5.27. The summed E-state index contributed by atoms with van der Waals surface area (Å²) >= 11 is 0. The van der Waals surface area contributed by atoms with E-state index in [9.17, 15) is 13.2 Å². The van der Waals surface area contributed by atoms with Crippen molar-refractivity contribution in [2.45, 2.75) is 23.8 Å². The molecule has 1 fully saturated rings. The minimum absolute atomic E-state index is 0.0494. The highest BCUT2D eigenvalue weighted by Gasteiger charge is 2.38. The van der Waals surface area contributed by atoms with Crippen LogP contribution in [-0.4, -0.2) is 45.4 Å². The van der Waals surface area contributed by atoms with E-state index in [0.717, 1.165) is 4.31 Å². The lowest BCUT2D eigenvalue weighted by Gasteiger charge is -2.22.